The predicted octanol–water partition coefficient (Wildman–Crippen LogP) is 2.76. The Morgan fingerprint density at radius 2 is 1.87 bits per heavy atom. The summed E-state index contributed by atoms with van der Waals surface area (Å²) in [6, 6.07) is 2.31. The van der Waals surface area contributed by atoms with E-state index in [1.54, 1.807) is 0 Å². The molecule has 204 valence electrons. The van der Waals surface area contributed by atoms with Crippen molar-refractivity contribution in [2.24, 2.45) is 5.73 Å². The Labute approximate surface area is 224 Å². The van der Waals surface area contributed by atoms with Crippen molar-refractivity contribution in [2.75, 3.05) is 0 Å². The van der Waals surface area contributed by atoms with Crippen LogP contribution >= 0.6 is 23.6 Å². The van der Waals surface area contributed by atoms with Gasteiger partial charge in [-0.3, -0.25) is 14.4 Å². The van der Waals surface area contributed by atoms with Crippen molar-refractivity contribution in [1.82, 2.24) is 15.6 Å². The van der Waals surface area contributed by atoms with Crippen LogP contribution < -0.4 is 16.4 Å². The normalized spacial score (nSPS) is 13.6. The van der Waals surface area contributed by atoms with Crippen LogP contribution in [-0.2, 0) is 9.59 Å². The Balaban J connectivity index is 2.23. The number of nitrogens with two attached hydrogens (primary N) is 1. The van der Waals surface area contributed by atoms with Gasteiger partial charge in [-0.05, 0) is 44.4 Å². The number of alkyl halides is 3. The van der Waals surface area contributed by atoms with Crippen LogP contribution in [0.4, 0.5) is 17.6 Å². The van der Waals surface area contributed by atoms with E-state index >= 15 is 0 Å². The average molecular weight is 574 g/mol. The zero-order valence-corrected chi connectivity index (χ0v) is 21.5. The van der Waals surface area contributed by atoms with E-state index in [9.17, 15) is 37.1 Å². The van der Waals surface area contributed by atoms with Crippen molar-refractivity contribution in [3.63, 3.8) is 0 Å². The van der Waals surface area contributed by atoms with Crippen molar-refractivity contribution in [1.29, 1.82) is 5.26 Å². The number of carbonyl (C=O) groups excluding carboxylic acids is 3. The van der Waals surface area contributed by atoms with Crippen LogP contribution in [0.3, 0.4) is 0 Å². The number of nitrogens with one attached hydrogen (secondary N) is 2. The van der Waals surface area contributed by atoms with Crippen LogP contribution in [-0.4, -0.2) is 57.0 Å². The van der Waals surface area contributed by atoms with Gasteiger partial charge in [0.2, 0.25) is 11.7 Å². The first-order chi connectivity index (χ1) is 17.7. The number of carbonyl (C=O) groups is 3. The molecule has 5 N–H and O–H groups in total. The van der Waals surface area contributed by atoms with Crippen molar-refractivity contribution in [3.8, 4) is 16.6 Å². The Bertz CT molecular complexity index is 1240. The number of amides is 2. The maximum Gasteiger partial charge on any atom is 0.389 e. The molecule has 0 aliphatic heterocycles. The van der Waals surface area contributed by atoms with Gasteiger partial charge in [0.1, 0.15) is 26.7 Å². The van der Waals surface area contributed by atoms with E-state index in [1.807, 2.05) is 6.07 Å². The number of ketones is 1. The molecule has 1 aromatic heterocycles. The van der Waals surface area contributed by atoms with Crippen LogP contribution in [0.1, 0.15) is 47.8 Å². The number of thiazole rings is 1. The van der Waals surface area contributed by atoms with Crippen LogP contribution in [0, 0.1) is 17.1 Å². The van der Waals surface area contributed by atoms with Crippen LogP contribution in [0.5, 0.6) is 0 Å². The number of Topliss-reactive ketones (excluding diaryl/α,β-unsaturated/α-hetero) is 1. The summed E-state index contributed by atoms with van der Waals surface area (Å²) < 4.78 is 51.9. The highest BCUT2D eigenvalue weighted by molar-refractivity contribution is 7.82. The van der Waals surface area contributed by atoms with Crippen LogP contribution in [0.2, 0.25) is 0 Å². The SMILES string of the molecule is CC(O)CC[C@H](NC(=O)c1cnc(-c2cc(F)cc(C#N)c2)s1)C(=O)N[C@@H](CCC(F)(F)F)C(=O)C(N)=S. The molecule has 0 bridgehead atoms. The third-order valence-corrected chi connectivity index (χ3v) is 6.34. The fourth-order valence-electron chi connectivity index (χ4n) is 3.22. The summed E-state index contributed by atoms with van der Waals surface area (Å²) in [5.74, 6) is -3.52. The molecular formula is C23H23F4N5O4S2. The highest BCUT2D eigenvalue weighted by Crippen LogP contribution is 2.27. The van der Waals surface area contributed by atoms with E-state index in [2.05, 4.69) is 27.8 Å². The summed E-state index contributed by atoms with van der Waals surface area (Å²) in [6.07, 6.45) is -6.63. The first-order valence-electron chi connectivity index (χ1n) is 11.1. The van der Waals surface area contributed by atoms with Gasteiger partial charge in [0, 0.05) is 12.0 Å². The van der Waals surface area contributed by atoms with Crippen molar-refractivity contribution in [2.45, 2.75) is 57.0 Å². The second-order valence-electron chi connectivity index (χ2n) is 8.27. The van der Waals surface area contributed by atoms with Gasteiger partial charge in [-0.25, -0.2) is 9.37 Å². The van der Waals surface area contributed by atoms with E-state index in [0.29, 0.717) is 0 Å². The van der Waals surface area contributed by atoms with Crippen molar-refractivity contribution < 1.29 is 37.1 Å². The fourth-order valence-corrected chi connectivity index (χ4v) is 4.17. The van der Waals surface area contributed by atoms with Crippen molar-refractivity contribution >= 4 is 46.1 Å². The number of halogens is 4. The van der Waals surface area contributed by atoms with Gasteiger partial charge in [0.25, 0.3) is 5.91 Å². The molecule has 15 heteroatoms. The lowest BCUT2D eigenvalue weighted by atomic mass is 10.0. The number of hydrogen-bond acceptors (Lipinski definition) is 8. The summed E-state index contributed by atoms with van der Waals surface area (Å²) in [7, 11) is 0. The second-order valence-corrected chi connectivity index (χ2v) is 9.74. The Morgan fingerprint density at radius 3 is 2.45 bits per heavy atom. The van der Waals surface area contributed by atoms with Gasteiger partial charge in [0.05, 0.1) is 30.0 Å². The Hall–Kier alpha value is -3.48. The highest BCUT2D eigenvalue weighted by atomic mass is 32.1. The third kappa shape index (κ3) is 9.43. The lowest BCUT2D eigenvalue weighted by Crippen LogP contribution is -2.53. The first kappa shape index (κ1) is 30.7. The topological polar surface area (TPSA) is 158 Å². The van der Waals surface area contributed by atoms with Crippen molar-refractivity contribution in [3.05, 3.63) is 40.7 Å². The minimum atomic E-state index is -4.61. The predicted molar refractivity (Wildman–Crippen MR) is 133 cm³/mol. The summed E-state index contributed by atoms with van der Waals surface area (Å²) in [4.78, 5) is 41.3. The molecule has 0 aliphatic rings. The number of nitrogens with zero attached hydrogens (tertiary/aromatic N) is 2. The average Bonchev–Trinajstić information content (AvgIpc) is 3.33. The Kier molecular flexibility index (Phi) is 10.8. The standard InChI is InChI=1S/C23H23F4N5O4S2/c1-11(33)2-3-16(20(35)31-15(18(34)19(29)37)4-5-23(25,26)27)32-21(36)17-10-30-22(38-17)13-6-12(9-28)7-14(24)8-13/h6-8,10-11,15-16,33H,2-5H2,1H3,(H2,29,37)(H,31,35)(H,32,36)/t11?,15-,16-/m0/s1. The zero-order valence-electron chi connectivity index (χ0n) is 19.8. The minimum absolute atomic E-state index is 0.00505. The molecule has 0 saturated heterocycles. The lowest BCUT2D eigenvalue weighted by molar-refractivity contribution is -0.140. The number of hydrogen-bond donors (Lipinski definition) is 4. The second kappa shape index (κ2) is 13.4. The van der Waals surface area contributed by atoms with E-state index in [1.165, 1.54) is 19.2 Å². The largest absolute Gasteiger partial charge is 0.393 e. The molecule has 38 heavy (non-hydrogen) atoms. The summed E-state index contributed by atoms with van der Waals surface area (Å²) in [6.45, 7) is 1.43. The molecule has 9 nitrogen and oxygen atoms in total. The van der Waals surface area contributed by atoms with E-state index in [0.717, 1.165) is 23.5 Å². The Morgan fingerprint density at radius 1 is 1.18 bits per heavy atom. The highest BCUT2D eigenvalue weighted by Gasteiger charge is 2.33. The zero-order chi connectivity index (χ0) is 28.6. The van der Waals surface area contributed by atoms with E-state index in [4.69, 9.17) is 11.0 Å². The number of benzene rings is 1. The fraction of sp³-hybridized carbons (Fsp3) is 0.391. The molecule has 1 aromatic carbocycles. The lowest BCUT2D eigenvalue weighted by Gasteiger charge is -2.23. The van der Waals surface area contributed by atoms with Crippen LogP contribution in [0.25, 0.3) is 10.6 Å². The maximum atomic E-state index is 13.8. The molecule has 1 heterocycles. The molecule has 0 spiro atoms. The summed E-state index contributed by atoms with van der Waals surface area (Å²) in [5.41, 5.74) is 5.55. The van der Waals surface area contributed by atoms with Gasteiger partial charge >= 0.3 is 6.18 Å². The van der Waals surface area contributed by atoms with Crippen LogP contribution in [0.15, 0.2) is 24.4 Å². The molecule has 0 saturated carbocycles. The van der Waals surface area contributed by atoms with Gasteiger partial charge in [-0.1, -0.05) is 12.2 Å². The molecule has 3 atom stereocenters. The number of aliphatic hydroxyl groups is 1. The van der Waals surface area contributed by atoms with Gasteiger partial charge in [-0.2, -0.15) is 18.4 Å². The van der Waals surface area contributed by atoms with Gasteiger partial charge in [0.15, 0.2) is 0 Å². The molecule has 0 aliphatic carbocycles. The van der Waals surface area contributed by atoms with E-state index in [-0.39, 0.29) is 33.9 Å². The molecular weight excluding hydrogens is 550 g/mol. The van der Waals surface area contributed by atoms with E-state index < -0.39 is 65.6 Å². The monoisotopic (exact) mass is 573 g/mol. The molecule has 2 rings (SSSR count). The molecule has 2 amide bonds. The summed E-state index contributed by atoms with van der Waals surface area (Å²) in [5, 5.41) is 23.4. The number of rotatable bonds is 12. The first-order valence-corrected chi connectivity index (χ1v) is 12.3. The molecule has 1 unspecified atom stereocenters. The number of nitriles is 1. The number of thiocarbonyl (C=S) groups is 1. The molecule has 0 radical (unpaired) electrons. The minimum Gasteiger partial charge on any atom is -0.393 e. The summed E-state index contributed by atoms with van der Waals surface area (Å²) >= 11 is 5.39. The smallest absolute Gasteiger partial charge is 0.389 e. The maximum absolute atomic E-state index is 13.8. The third-order valence-electron chi connectivity index (χ3n) is 5.09. The molecule has 2 aromatic rings. The number of aliphatic hydroxyl groups excluding tert-OH is 1. The van der Waals surface area contributed by atoms with Gasteiger partial charge < -0.3 is 21.5 Å². The quantitative estimate of drug-likeness (QED) is 0.223. The number of aromatic nitrogens is 1. The van der Waals surface area contributed by atoms with Gasteiger partial charge in [-0.15, -0.1) is 11.3 Å². The molecule has 0 fully saturated rings.